The Bertz CT molecular complexity index is 1620. The van der Waals surface area contributed by atoms with Crippen molar-refractivity contribution < 1.29 is 9.59 Å². The largest absolute Gasteiger partial charge is 0.366 e. The van der Waals surface area contributed by atoms with Gasteiger partial charge in [0.1, 0.15) is 5.69 Å². The zero-order chi connectivity index (χ0) is 26.1. The molecule has 1 aliphatic heterocycles. The van der Waals surface area contributed by atoms with Gasteiger partial charge in [-0.3, -0.25) is 19.1 Å². The number of nitrogens with two attached hydrogens (primary N) is 1. The summed E-state index contributed by atoms with van der Waals surface area (Å²) in [4.78, 5) is 37.9. The fourth-order valence-corrected chi connectivity index (χ4v) is 4.89. The summed E-state index contributed by atoms with van der Waals surface area (Å²) >= 11 is 0. The number of carbonyl (C=O) groups excluding carboxylic acids is 2. The minimum atomic E-state index is -0.620. The molecule has 0 unspecified atom stereocenters. The fourth-order valence-electron chi connectivity index (χ4n) is 4.89. The summed E-state index contributed by atoms with van der Waals surface area (Å²) in [7, 11) is 0. The topological polar surface area (TPSA) is 127 Å². The van der Waals surface area contributed by atoms with E-state index in [1.165, 1.54) is 18.2 Å². The molecule has 1 aliphatic rings. The van der Waals surface area contributed by atoms with Crippen LogP contribution in [0.25, 0.3) is 27.8 Å². The number of pyridine rings is 1. The van der Waals surface area contributed by atoms with Gasteiger partial charge in [0.25, 0.3) is 5.91 Å². The number of rotatable bonds is 5. The fraction of sp³-hybridized carbons (Fsp3) is 0.179. The molecule has 0 saturated carbocycles. The second-order valence-electron chi connectivity index (χ2n) is 8.93. The van der Waals surface area contributed by atoms with Crippen LogP contribution in [0, 0.1) is 11.3 Å². The lowest BCUT2D eigenvalue weighted by Crippen LogP contribution is -2.40. The average molecular weight is 493 g/mol. The van der Waals surface area contributed by atoms with Gasteiger partial charge in [0.15, 0.2) is 5.43 Å². The van der Waals surface area contributed by atoms with Crippen LogP contribution in [0.15, 0.2) is 78.4 Å². The molecule has 1 saturated heterocycles. The van der Waals surface area contributed by atoms with Gasteiger partial charge in [0, 0.05) is 54.3 Å². The minimum Gasteiger partial charge on any atom is -0.366 e. The molecular formula is C28H24N6O3. The number of piperidine rings is 1. The monoisotopic (exact) mass is 492 g/mol. The molecule has 4 aromatic rings. The van der Waals surface area contributed by atoms with E-state index in [0.29, 0.717) is 35.2 Å². The molecule has 9 nitrogen and oxygen atoms in total. The molecule has 0 radical (unpaired) electrons. The molecule has 1 atom stereocenters. The molecule has 5 rings (SSSR count). The smallest absolute Gasteiger partial charge is 0.250 e. The SMILES string of the molecule is C=CC(=O)N1CCC[C@@H](n2nc(-c3ccc(-n4ccc(=O)cc4)cc3)c3c(C#N)ccc(C(N)=O)c32)C1. The molecule has 0 bridgehead atoms. The van der Waals surface area contributed by atoms with E-state index in [9.17, 15) is 19.6 Å². The lowest BCUT2D eigenvalue weighted by Gasteiger charge is -2.32. The summed E-state index contributed by atoms with van der Waals surface area (Å²) in [5.41, 5.74) is 8.95. The summed E-state index contributed by atoms with van der Waals surface area (Å²) in [5.74, 6) is -0.780. The molecule has 37 heavy (non-hydrogen) atoms. The highest BCUT2D eigenvalue weighted by molar-refractivity contribution is 6.10. The molecular weight excluding hydrogens is 468 g/mol. The molecule has 184 valence electrons. The highest BCUT2D eigenvalue weighted by atomic mass is 16.2. The molecule has 1 fully saturated rings. The first-order valence-electron chi connectivity index (χ1n) is 11.9. The van der Waals surface area contributed by atoms with Gasteiger partial charge in [-0.05, 0) is 43.2 Å². The maximum Gasteiger partial charge on any atom is 0.250 e. The van der Waals surface area contributed by atoms with E-state index < -0.39 is 5.91 Å². The zero-order valence-corrected chi connectivity index (χ0v) is 20.0. The van der Waals surface area contributed by atoms with E-state index >= 15 is 0 Å². The van der Waals surface area contributed by atoms with Gasteiger partial charge < -0.3 is 15.2 Å². The van der Waals surface area contributed by atoms with Gasteiger partial charge in [-0.15, -0.1) is 0 Å². The molecule has 2 aromatic heterocycles. The third-order valence-electron chi connectivity index (χ3n) is 6.70. The average Bonchev–Trinajstić information content (AvgIpc) is 3.33. The van der Waals surface area contributed by atoms with Crippen molar-refractivity contribution >= 4 is 22.7 Å². The number of hydrogen-bond acceptors (Lipinski definition) is 5. The predicted molar refractivity (Wildman–Crippen MR) is 139 cm³/mol. The van der Waals surface area contributed by atoms with E-state index in [1.54, 1.807) is 34.1 Å². The first kappa shape index (κ1) is 23.8. The maximum absolute atomic E-state index is 12.4. The Kier molecular flexibility index (Phi) is 6.15. The van der Waals surface area contributed by atoms with Gasteiger partial charge in [-0.1, -0.05) is 18.7 Å². The predicted octanol–water partition coefficient (Wildman–Crippen LogP) is 3.17. The van der Waals surface area contributed by atoms with Gasteiger partial charge in [0.05, 0.1) is 28.8 Å². The summed E-state index contributed by atoms with van der Waals surface area (Å²) in [6, 6.07) is 15.7. The van der Waals surface area contributed by atoms with Crippen LogP contribution in [-0.2, 0) is 4.79 Å². The van der Waals surface area contributed by atoms with E-state index in [1.807, 2.05) is 28.8 Å². The van der Waals surface area contributed by atoms with Crippen molar-refractivity contribution in [3.63, 3.8) is 0 Å². The van der Waals surface area contributed by atoms with Crippen molar-refractivity contribution in [2.24, 2.45) is 5.73 Å². The van der Waals surface area contributed by atoms with Crippen LogP contribution in [0.2, 0.25) is 0 Å². The number of likely N-dealkylation sites (tertiary alicyclic amines) is 1. The van der Waals surface area contributed by atoms with Crippen molar-refractivity contribution in [1.29, 1.82) is 5.26 Å². The second kappa shape index (κ2) is 9.59. The summed E-state index contributed by atoms with van der Waals surface area (Å²) < 4.78 is 3.57. The van der Waals surface area contributed by atoms with Crippen molar-refractivity contribution in [2.45, 2.75) is 18.9 Å². The summed E-state index contributed by atoms with van der Waals surface area (Å²) in [5, 5.41) is 15.4. The van der Waals surface area contributed by atoms with Gasteiger partial charge in [-0.2, -0.15) is 10.4 Å². The van der Waals surface area contributed by atoms with E-state index in [2.05, 4.69) is 12.6 Å². The van der Waals surface area contributed by atoms with Gasteiger partial charge in [-0.25, -0.2) is 0 Å². The molecule has 2 aromatic carbocycles. The van der Waals surface area contributed by atoms with Gasteiger partial charge >= 0.3 is 0 Å². The number of fused-ring (bicyclic) bond motifs is 1. The number of aromatic nitrogens is 3. The summed E-state index contributed by atoms with van der Waals surface area (Å²) in [6.45, 7) is 4.61. The molecule has 0 spiro atoms. The number of nitriles is 1. The normalized spacial score (nSPS) is 15.3. The van der Waals surface area contributed by atoms with Crippen LogP contribution in [0.1, 0.15) is 34.8 Å². The summed E-state index contributed by atoms with van der Waals surface area (Å²) in [6.07, 6.45) is 6.18. The Labute approximate surface area is 212 Å². The molecule has 0 aliphatic carbocycles. The Morgan fingerprint density at radius 3 is 2.49 bits per heavy atom. The Morgan fingerprint density at radius 1 is 1.11 bits per heavy atom. The lowest BCUT2D eigenvalue weighted by molar-refractivity contribution is -0.127. The third kappa shape index (κ3) is 4.29. The van der Waals surface area contributed by atoms with E-state index in [-0.39, 0.29) is 22.9 Å². The van der Waals surface area contributed by atoms with Crippen molar-refractivity contribution in [2.75, 3.05) is 13.1 Å². The third-order valence-corrected chi connectivity index (χ3v) is 6.70. The molecule has 2 amide bonds. The Morgan fingerprint density at radius 2 is 1.84 bits per heavy atom. The van der Waals surface area contributed by atoms with E-state index in [4.69, 9.17) is 10.8 Å². The highest BCUT2D eigenvalue weighted by Crippen LogP contribution is 2.36. The number of hydrogen-bond donors (Lipinski definition) is 1. The highest BCUT2D eigenvalue weighted by Gasteiger charge is 2.29. The number of amides is 2. The van der Waals surface area contributed by atoms with Gasteiger partial charge in [0.2, 0.25) is 5.91 Å². The maximum atomic E-state index is 12.4. The Balaban J connectivity index is 1.68. The number of nitrogens with zero attached hydrogens (tertiary/aromatic N) is 5. The van der Waals surface area contributed by atoms with Crippen LogP contribution in [0.5, 0.6) is 0 Å². The first-order valence-corrected chi connectivity index (χ1v) is 11.9. The van der Waals surface area contributed by atoms with Crippen LogP contribution in [0.4, 0.5) is 0 Å². The second-order valence-corrected chi connectivity index (χ2v) is 8.93. The van der Waals surface area contributed by atoms with Crippen molar-refractivity contribution in [3.05, 3.63) is 94.9 Å². The zero-order valence-electron chi connectivity index (χ0n) is 20.0. The van der Waals surface area contributed by atoms with Crippen molar-refractivity contribution in [1.82, 2.24) is 19.2 Å². The van der Waals surface area contributed by atoms with Crippen LogP contribution in [0.3, 0.4) is 0 Å². The quantitative estimate of drug-likeness (QED) is 0.428. The molecule has 2 N–H and O–H groups in total. The number of benzene rings is 2. The van der Waals surface area contributed by atoms with E-state index in [0.717, 1.165) is 24.1 Å². The minimum absolute atomic E-state index is 0.0739. The lowest BCUT2D eigenvalue weighted by atomic mass is 9.99. The van der Waals surface area contributed by atoms with Crippen LogP contribution >= 0.6 is 0 Å². The standard InChI is InChI=1S/C28H24N6O3/c1-2-24(36)33-13-3-4-21(17-33)34-27-23(28(30)37)10-7-19(16-29)25(27)26(31-34)18-5-8-20(9-6-18)32-14-11-22(35)12-15-32/h2,5-12,14-15,21H,1,3-4,13,17H2,(H2,30,37)/t21-/m1/s1. The molecule has 9 heteroatoms. The van der Waals surface area contributed by atoms with Crippen LogP contribution < -0.4 is 11.2 Å². The molecule has 3 heterocycles. The Hall–Kier alpha value is -4.97. The van der Waals surface area contributed by atoms with Crippen LogP contribution in [-0.4, -0.2) is 44.2 Å². The van der Waals surface area contributed by atoms with Crippen molar-refractivity contribution in [3.8, 4) is 23.0 Å². The first-order chi connectivity index (χ1) is 17.9. The number of primary amides is 1. The number of carbonyl (C=O) groups is 2.